The molecule has 104 valence electrons. The number of hydrogen-bond acceptors (Lipinski definition) is 6. The molecule has 20 heavy (non-hydrogen) atoms. The summed E-state index contributed by atoms with van der Waals surface area (Å²) in [5.41, 5.74) is 18.0. The van der Waals surface area contributed by atoms with Gasteiger partial charge in [-0.1, -0.05) is 30.3 Å². The van der Waals surface area contributed by atoms with Gasteiger partial charge in [0.1, 0.15) is 5.69 Å². The molecular formula is C13H16N6O. The van der Waals surface area contributed by atoms with E-state index in [-0.39, 0.29) is 29.2 Å². The van der Waals surface area contributed by atoms with Gasteiger partial charge in [-0.05, 0) is 12.0 Å². The van der Waals surface area contributed by atoms with E-state index in [1.807, 2.05) is 30.3 Å². The number of aromatic nitrogens is 2. The van der Waals surface area contributed by atoms with E-state index in [0.29, 0.717) is 12.8 Å². The van der Waals surface area contributed by atoms with Crippen molar-refractivity contribution in [2.75, 3.05) is 22.5 Å². The van der Waals surface area contributed by atoms with Gasteiger partial charge in [-0.2, -0.15) is 9.97 Å². The number of nitrogens with two attached hydrogens (primary N) is 3. The van der Waals surface area contributed by atoms with Crippen molar-refractivity contribution >= 4 is 29.2 Å². The predicted octanol–water partition coefficient (Wildman–Crippen LogP) is 0.794. The summed E-state index contributed by atoms with van der Waals surface area (Å²) in [7, 11) is 0. The molecular weight excluding hydrogens is 256 g/mol. The van der Waals surface area contributed by atoms with Gasteiger partial charge in [0.05, 0.1) is 0 Å². The molecule has 1 heterocycles. The summed E-state index contributed by atoms with van der Waals surface area (Å²) in [4.78, 5) is 19.4. The van der Waals surface area contributed by atoms with Crippen molar-refractivity contribution in [1.29, 1.82) is 0 Å². The van der Waals surface area contributed by atoms with Gasteiger partial charge < -0.3 is 22.5 Å². The molecule has 0 unspecified atom stereocenters. The Morgan fingerprint density at radius 2 is 1.65 bits per heavy atom. The third-order valence-corrected chi connectivity index (χ3v) is 2.73. The second kappa shape index (κ2) is 5.87. The summed E-state index contributed by atoms with van der Waals surface area (Å²) in [6.07, 6.45) is 0.940. The van der Waals surface area contributed by atoms with Crippen LogP contribution in [-0.2, 0) is 11.2 Å². The number of rotatable bonds is 4. The van der Waals surface area contributed by atoms with Crippen LogP contribution in [0.5, 0.6) is 0 Å². The SMILES string of the molecule is Nc1nc(N)c(NC(=O)CCc2ccccc2)c(N)n1. The molecule has 0 bridgehead atoms. The standard InChI is InChI=1S/C13H16N6O/c14-11-10(12(15)19-13(16)18-11)17-9(20)7-6-8-4-2-1-3-5-8/h1-5H,6-7H2,(H,17,20)(H6,14,15,16,18,19). The topological polar surface area (TPSA) is 133 Å². The van der Waals surface area contributed by atoms with Gasteiger partial charge in [-0.3, -0.25) is 4.79 Å². The van der Waals surface area contributed by atoms with Crippen molar-refractivity contribution < 1.29 is 4.79 Å². The van der Waals surface area contributed by atoms with Crippen LogP contribution in [0.4, 0.5) is 23.3 Å². The van der Waals surface area contributed by atoms with Gasteiger partial charge in [-0.15, -0.1) is 0 Å². The molecule has 2 aromatic rings. The van der Waals surface area contributed by atoms with E-state index in [4.69, 9.17) is 17.2 Å². The molecule has 1 aromatic heterocycles. The van der Waals surface area contributed by atoms with E-state index in [1.165, 1.54) is 0 Å². The van der Waals surface area contributed by atoms with Crippen LogP contribution < -0.4 is 22.5 Å². The fourth-order valence-electron chi connectivity index (χ4n) is 1.75. The van der Waals surface area contributed by atoms with Crippen LogP contribution in [0.25, 0.3) is 0 Å². The number of amides is 1. The number of benzene rings is 1. The Labute approximate surface area is 116 Å². The van der Waals surface area contributed by atoms with Crippen LogP contribution in [0, 0.1) is 0 Å². The lowest BCUT2D eigenvalue weighted by atomic mass is 10.1. The lowest BCUT2D eigenvalue weighted by molar-refractivity contribution is -0.116. The predicted molar refractivity (Wildman–Crippen MR) is 78.7 cm³/mol. The van der Waals surface area contributed by atoms with Gasteiger partial charge in [0.15, 0.2) is 11.6 Å². The highest BCUT2D eigenvalue weighted by molar-refractivity contribution is 5.96. The van der Waals surface area contributed by atoms with Crippen LogP contribution in [0.1, 0.15) is 12.0 Å². The summed E-state index contributed by atoms with van der Waals surface area (Å²) in [6, 6.07) is 9.70. The van der Waals surface area contributed by atoms with E-state index >= 15 is 0 Å². The van der Waals surface area contributed by atoms with Crippen LogP contribution in [0.2, 0.25) is 0 Å². The molecule has 7 nitrogen and oxygen atoms in total. The van der Waals surface area contributed by atoms with Crippen LogP contribution >= 0.6 is 0 Å². The first kappa shape index (κ1) is 13.6. The van der Waals surface area contributed by atoms with Crippen LogP contribution in [0.3, 0.4) is 0 Å². The van der Waals surface area contributed by atoms with Gasteiger partial charge in [-0.25, -0.2) is 0 Å². The highest BCUT2D eigenvalue weighted by Crippen LogP contribution is 2.23. The number of carbonyl (C=O) groups is 1. The molecule has 2 rings (SSSR count). The van der Waals surface area contributed by atoms with E-state index in [0.717, 1.165) is 5.56 Å². The van der Waals surface area contributed by atoms with Crippen molar-refractivity contribution in [3.8, 4) is 0 Å². The lowest BCUT2D eigenvalue weighted by Crippen LogP contribution is -2.17. The molecule has 1 amide bonds. The number of hydrogen-bond donors (Lipinski definition) is 4. The highest BCUT2D eigenvalue weighted by Gasteiger charge is 2.12. The van der Waals surface area contributed by atoms with Crippen molar-refractivity contribution in [3.05, 3.63) is 35.9 Å². The molecule has 0 fully saturated rings. The fourth-order valence-corrected chi connectivity index (χ4v) is 1.75. The van der Waals surface area contributed by atoms with E-state index in [9.17, 15) is 4.79 Å². The molecule has 0 aliphatic carbocycles. The maximum Gasteiger partial charge on any atom is 0.224 e. The van der Waals surface area contributed by atoms with Gasteiger partial charge in [0.25, 0.3) is 0 Å². The maximum atomic E-state index is 11.9. The smallest absolute Gasteiger partial charge is 0.224 e. The van der Waals surface area contributed by atoms with Crippen LogP contribution in [-0.4, -0.2) is 15.9 Å². The summed E-state index contributed by atoms with van der Waals surface area (Å²) >= 11 is 0. The van der Waals surface area contributed by atoms with Crippen molar-refractivity contribution in [3.63, 3.8) is 0 Å². The normalized spacial score (nSPS) is 10.2. The molecule has 0 atom stereocenters. The first-order valence-electron chi connectivity index (χ1n) is 6.08. The minimum absolute atomic E-state index is 0.0257. The number of nitrogen functional groups attached to an aromatic ring is 3. The number of carbonyl (C=O) groups excluding carboxylic acids is 1. The summed E-state index contributed by atoms with van der Waals surface area (Å²) < 4.78 is 0. The highest BCUT2D eigenvalue weighted by atomic mass is 16.1. The molecule has 0 aliphatic heterocycles. The van der Waals surface area contributed by atoms with Crippen molar-refractivity contribution in [2.45, 2.75) is 12.8 Å². The number of nitrogens with one attached hydrogen (secondary N) is 1. The molecule has 0 aliphatic rings. The first-order valence-corrected chi connectivity index (χ1v) is 6.08. The average Bonchev–Trinajstić information content (AvgIpc) is 2.42. The van der Waals surface area contributed by atoms with Crippen molar-refractivity contribution in [2.24, 2.45) is 0 Å². The molecule has 1 aromatic carbocycles. The van der Waals surface area contributed by atoms with Crippen molar-refractivity contribution in [1.82, 2.24) is 9.97 Å². The average molecular weight is 272 g/mol. The Morgan fingerprint density at radius 3 is 2.25 bits per heavy atom. The zero-order valence-electron chi connectivity index (χ0n) is 10.8. The zero-order chi connectivity index (χ0) is 14.5. The second-order valence-electron chi connectivity index (χ2n) is 4.26. The zero-order valence-corrected chi connectivity index (χ0v) is 10.8. The Balaban J connectivity index is 1.98. The molecule has 7 N–H and O–H groups in total. The molecule has 0 saturated heterocycles. The third kappa shape index (κ3) is 3.35. The Hall–Kier alpha value is -2.83. The molecule has 0 saturated carbocycles. The first-order chi connectivity index (χ1) is 9.56. The summed E-state index contributed by atoms with van der Waals surface area (Å²) in [5.74, 6) is -0.117. The second-order valence-corrected chi connectivity index (χ2v) is 4.26. The number of aryl methyl sites for hydroxylation is 1. The molecule has 0 spiro atoms. The minimum atomic E-state index is -0.208. The van der Waals surface area contributed by atoms with E-state index < -0.39 is 0 Å². The number of anilines is 4. The number of nitrogens with zero attached hydrogens (tertiary/aromatic N) is 2. The quantitative estimate of drug-likeness (QED) is 0.650. The Kier molecular flexibility index (Phi) is 3.99. The minimum Gasteiger partial charge on any atom is -0.382 e. The monoisotopic (exact) mass is 272 g/mol. The fraction of sp³-hybridized carbons (Fsp3) is 0.154. The van der Waals surface area contributed by atoms with E-state index in [2.05, 4.69) is 15.3 Å². The summed E-state index contributed by atoms with van der Waals surface area (Å²) in [6.45, 7) is 0. The van der Waals surface area contributed by atoms with Gasteiger partial charge in [0, 0.05) is 6.42 Å². The maximum absolute atomic E-state index is 11.9. The van der Waals surface area contributed by atoms with Gasteiger partial charge in [0.2, 0.25) is 11.9 Å². The molecule has 0 radical (unpaired) electrons. The Morgan fingerprint density at radius 1 is 1.05 bits per heavy atom. The lowest BCUT2D eigenvalue weighted by Gasteiger charge is -2.10. The largest absolute Gasteiger partial charge is 0.382 e. The Bertz CT molecular complexity index is 591. The molecule has 7 heteroatoms. The summed E-state index contributed by atoms with van der Waals surface area (Å²) in [5, 5.41) is 2.61. The third-order valence-electron chi connectivity index (χ3n) is 2.73. The van der Waals surface area contributed by atoms with Crippen LogP contribution in [0.15, 0.2) is 30.3 Å². The van der Waals surface area contributed by atoms with E-state index in [1.54, 1.807) is 0 Å². The van der Waals surface area contributed by atoms with Gasteiger partial charge >= 0.3 is 0 Å².